The molecular formula is C25H29ClN2O5. The summed E-state index contributed by atoms with van der Waals surface area (Å²) in [4.78, 5) is 25.0. The van der Waals surface area contributed by atoms with Crippen LogP contribution in [-0.2, 0) is 16.1 Å². The Hall–Kier alpha value is -3.19. The largest absolute Gasteiger partial charge is 0.490 e. The number of ether oxygens (including phenoxy) is 3. The first-order chi connectivity index (χ1) is 16.0. The average Bonchev–Trinajstić information content (AvgIpc) is 2.82. The van der Waals surface area contributed by atoms with Crippen LogP contribution < -0.4 is 20.1 Å². The van der Waals surface area contributed by atoms with Crippen molar-refractivity contribution in [3.05, 3.63) is 69.9 Å². The average molecular weight is 473 g/mol. The van der Waals surface area contributed by atoms with Crippen LogP contribution in [0.25, 0.3) is 0 Å². The molecule has 0 bridgehead atoms. The lowest BCUT2D eigenvalue weighted by Gasteiger charge is -2.29. The fourth-order valence-electron chi connectivity index (χ4n) is 3.60. The summed E-state index contributed by atoms with van der Waals surface area (Å²) in [5.74, 6) is 0.598. The summed E-state index contributed by atoms with van der Waals surface area (Å²) in [6, 6.07) is 11.8. The highest BCUT2D eigenvalue weighted by atomic mass is 35.5. The molecule has 2 aromatic rings. The van der Waals surface area contributed by atoms with Crippen molar-refractivity contribution in [2.45, 2.75) is 45.8 Å². The third kappa shape index (κ3) is 6.20. The van der Waals surface area contributed by atoms with E-state index in [0.717, 1.165) is 18.4 Å². The molecule has 0 radical (unpaired) electrons. The summed E-state index contributed by atoms with van der Waals surface area (Å²) in [5, 5.41) is 6.27. The Labute approximate surface area is 199 Å². The number of rotatable bonds is 10. The molecule has 33 heavy (non-hydrogen) atoms. The number of allylic oxidation sites excluding steroid dienone is 1. The molecule has 1 aliphatic heterocycles. The summed E-state index contributed by atoms with van der Waals surface area (Å²) in [6.07, 6.45) is 2.34. The topological polar surface area (TPSA) is 85.9 Å². The summed E-state index contributed by atoms with van der Waals surface area (Å²) < 4.78 is 16.8. The number of hydrogen-bond acceptors (Lipinski definition) is 5. The van der Waals surface area contributed by atoms with Crippen molar-refractivity contribution in [3.8, 4) is 11.5 Å². The molecule has 1 heterocycles. The number of esters is 1. The molecule has 0 fully saturated rings. The molecular weight excluding hydrogens is 444 g/mol. The molecule has 0 saturated carbocycles. The van der Waals surface area contributed by atoms with Crippen LogP contribution in [0.4, 0.5) is 4.79 Å². The predicted molar refractivity (Wildman–Crippen MR) is 126 cm³/mol. The molecule has 176 valence electrons. The van der Waals surface area contributed by atoms with E-state index in [-0.39, 0.29) is 6.03 Å². The summed E-state index contributed by atoms with van der Waals surface area (Å²) in [6.45, 7) is 4.70. The minimum absolute atomic E-state index is 0.342. The second kappa shape index (κ2) is 11.6. The van der Waals surface area contributed by atoms with Gasteiger partial charge in [-0.2, -0.15) is 0 Å². The molecule has 2 N–H and O–H groups in total. The summed E-state index contributed by atoms with van der Waals surface area (Å²) >= 11 is 5.95. The Morgan fingerprint density at radius 3 is 2.48 bits per heavy atom. The van der Waals surface area contributed by atoms with Crippen LogP contribution in [0.5, 0.6) is 11.5 Å². The number of benzene rings is 2. The number of urea groups is 1. The maximum Gasteiger partial charge on any atom is 0.337 e. The molecule has 1 unspecified atom stereocenters. The maximum absolute atomic E-state index is 12.7. The number of nitrogens with one attached hydrogen (secondary N) is 2. The van der Waals surface area contributed by atoms with Crippen molar-refractivity contribution >= 4 is 23.6 Å². The third-order valence-corrected chi connectivity index (χ3v) is 5.50. The van der Waals surface area contributed by atoms with E-state index in [2.05, 4.69) is 17.6 Å². The van der Waals surface area contributed by atoms with E-state index in [4.69, 9.17) is 25.8 Å². The Kier molecular flexibility index (Phi) is 8.60. The van der Waals surface area contributed by atoms with E-state index in [1.807, 2.05) is 37.3 Å². The Morgan fingerprint density at radius 1 is 1.06 bits per heavy atom. The number of carbonyl (C=O) groups is 2. The van der Waals surface area contributed by atoms with Gasteiger partial charge in [0.05, 0.1) is 25.3 Å². The fourth-order valence-corrected chi connectivity index (χ4v) is 3.73. The van der Waals surface area contributed by atoms with Crippen molar-refractivity contribution in [3.63, 3.8) is 0 Å². The molecule has 0 aromatic heterocycles. The predicted octanol–water partition coefficient (Wildman–Crippen LogP) is 5.29. The van der Waals surface area contributed by atoms with Crippen molar-refractivity contribution in [1.82, 2.24) is 10.6 Å². The second-order valence-corrected chi connectivity index (χ2v) is 8.01. The summed E-state index contributed by atoms with van der Waals surface area (Å²) in [7, 11) is 1.33. The number of amides is 2. The standard InChI is InChI=1S/C25H29ClN2O5/c1-4-6-7-19-22(24(29)31-3)23(28-25(30)27-19)17-10-13-20(21(14-17)32-5-2)33-15-16-8-11-18(26)12-9-16/h8-14,23H,4-7,15H2,1-3H3,(H2,27,28,30). The van der Waals surface area contributed by atoms with E-state index in [0.29, 0.717) is 53.0 Å². The first-order valence-corrected chi connectivity index (χ1v) is 11.4. The first kappa shape index (κ1) is 24.5. The lowest BCUT2D eigenvalue weighted by Crippen LogP contribution is -2.45. The first-order valence-electron chi connectivity index (χ1n) is 11.0. The third-order valence-electron chi connectivity index (χ3n) is 5.25. The zero-order chi connectivity index (χ0) is 23.8. The molecule has 8 heteroatoms. The second-order valence-electron chi connectivity index (χ2n) is 7.57. The molecule has 2 amide bonds. The van der Waals surface area contributed by atoms with E-state index >= 15 is 0 Å². The monoisotopic (exact) mass is 472 g/mol. The molecule has 0 spiro atoms. The fraction of sp³-hybridized carbons (Fsp3) is 0.360. The number of methoxy groups -OCH3 is 1. The van der Waals surface area contributed by atoms with Gasteiger partial charge in [0.1, 0.15) is 6.61 Å². The highest BCUT2D eigenvalue weighted by molar-refractivity contribution is 6.30. The van der Waals surface area contributed by atoms with Gasteiger partial charge in [-0.25, -0.2) is 9.59 Å². The molecule has 0 saturated heterocycles. The van der Waals surface area contributed by atoms with Gasteiger partial charge in [0, 0.05) is 10.7 Å². The quantitative estimate of drug-likeness (QED) is 0.459. The number of hydrogen-bond donors (Lipinski definition) is 2. The van der Waals surface area contributed by atoms with Gasteiger partial charge < -0.3 is 24.8 Å². The van der Waals surface area contributed by atoms with E-state index in [9.17, 15) is 9.59 Å². The Morgan fingerprint density at radius 2 is 1.82 bits per heavy atom. The number of carbonyl (C=O) groups excluding carboxylic acids is 2. The maximum atomic E-state index is 12.7. The van der Waals surface area contributed by atoms with Crippen LogP contribution in [0, 0.1) is 0 Å². The van der Waals surface area contributed by atoms with E-state index < -0.39 is 12.0 Å². The Bertz CT molecular complexity index is 1020. The molecule has 1 atom stereocenters. The van der Waals surface area contributed by atoms with Gasteiger partial charge in [-0.05, 0) is 55.2 Å². The minimum atomic E-state index is -0.664. The van der Waals surface area contributed by atoms with Crippen LogP contribution in [0.15, 0.2) is 53.7 Å². The zero-order valence-electron chi connectivity index (χ0n) is 19.1. The van der Waals surface area contributed by atoms with E-state index in [1.165, 1.54) is 7.11 Å². The molecule has 3 rings (SSSR count). The van der Waals surface area contributed by atoms with E-state index in [1.54, 1.807) is 12.1 Å². The van der Waals surface area contributed by atoms with Gasteiger partial charge in [-0.1, -0.05) is 43.1 Å². The Balaban J connectivity index is 1.92. The van der Waals surface area contributed by atoms with Crippen LogP contribution in [0.3, 0.4) is 0 Å². The highest BCUT2D eigenvalue weighted by Crippen LogP contribution is 2.36. The molecule has 7 nitrogen and oxygen atoms in total. The van der Waals surface area contributed by atoms with Crippen LogP contribution in [0.1, 0.15) is 50.3 Å². The lowest BCUT2D eigenvalue weighted by atomic mass is 9.93. The van der Waals surface area contributed by atoms with Crippen molar-refractivity contribution in [2.75, 3.05) is 13.7 Å². The van der Waals surface area contributed by atoms with Gasteiger partial charge in [0.2, 0.25) is 0 Å². The van der Waals surface area contributed by atoms with Crippen molar-refractivity contribution < 1.29 is 23.8 Å². The lowest BCUT2D eigenvalue weighted by molar-refractivity contribution is -0.136. The van der Waals surface area contributed by atoms with Gasteiger partial charge in [0.25, 0.3) is 0 Å². The SMILES string of the molecule is CCCCC1=C(C(=O)OC)C(c2ccc(OCc3ccc(Cl)cc3)c(OCC)c2)NC(=O)N1. The number of unbranched alkanes of at least 4 members (excludes halogenated alkanes) is 1. The van der Waals surface area contributed by atoms with Gasteiger partial charge in [-0.3, -0.25) is 0 Å². The van der Waals surface area contributed by atoms with Gasteiger partial charge in [-0.15, -0.1) is 0 Å². The van der Waals surface area contributed by atoms with Gasteiger partial charge in [0.15, 0.2) is 11.5 Å². The van der Waals surface area contributed by atoms with Crippen molar-refractivity contribution in [1.29, 1.82) is 0 Å². The minimum Gasteiger partial charge on any atom is -0.490 e. The summed E-state index contributed by atoms with van der Waals surface area (Å²) in [5.41, 5.74) is 2.64. The number of halogens is 1. The smallest absolute Gasteiger partial charge is 0.337 e. The highest BCUT2D eigenvalue weighted by Gasteiger charge is 2.33. The zero-order valence-corrected chi connectivity index (χ0v) is 19.8. The molecule has 2 aromatic carbocycles. The molecule has 0 aliphatic carbocycles. The van der Waals surface area contributed by atoms with Crippen molar-refractivity contribution in [2.24, 2.45) is 0 Å². The normalized spacial score (nSPS) is 15.5. The van der Waals surface area contributed by atoms with Crippen LogP contribution in [-0.4, -0.2) is 25.7 Å². The van der Waals surface area contributed by atoms with Crippen LogP contribution >= 0.6 is 11.6 Å². The van der Waals surface area contributed by atoms with Crippen LogP contribution in [0.2, 0.25) is 5.02 Å². The van der Waals surface area contributed by atoms with Gasteiger partial charge >= 0.3 is 12.0 Å². The molecule has 1 aliphatic rings.